The lowest BCUT2D eigenvalue weighted by molar-refractivity contribution is -0.0509. The second-order valence-electron chi connectivity index (χ2n) is 11.4. The largest absolute Gasteiger partial charge is 0.375 e. The quantitative estimate of drug-likeness (QED) is 0.601. The van der Waals surface area contributed by atoms with Gasteiger partial charge in [0.1, 0.15) is 0 Å². The molecule has 33 heavy (non-hydrogen) atoms. The maximum Gasteiger partial charge on any atom is 0.0603 e. The fourth-order valence-electron chi connectivity index (χ4n) is 6.45. The second-order valence-corrected chi connectivity index (χ2v) is 11.4. The lowest BCUT2D eigenvalue weighted by Gasteiger charge is -2.44. The summed E-state index contributed by atoms with van der Waals surface area (Å²) in [7, 11) is 0. The first-order valence-electron chi connectivity index (χ1n) is 14.7. The SMILES string of the molecule is CCC.CCN1CCCC(CN2CCN(CC3CCC(OC4CCNCC4)CC3)CC2C)C1. The third-order valence-electron chi connectivity index (χ3n) is 8.37. The molecule has 3 saturated heterocycles. The number of nitrogens with one attached hydrogen (secondary N) is 1. The van der Waals surface area contributed by atoms with Crippen molar-refractivity contribution in [3.63, 3.8) is 0 Å². The van der Waals surface area contributed by atoms with Crippen molar-refractivity contribution in [2.45, 2.75) is 104 Å². The molecule has 2 atom stereocenters. The molecular weight excluding hydrogens is 408 g/mol. The van der Waals surface area contributed by atoms with Crippen molar-refractivity contribution in [2.24, 2.45) is 11.8 Å². The van der Waals surface area contributed by atoms with Gasteiger partial charge in [0.2, 0.25) is 0 Å². The highest BCUT2D eigenvalue weighted by Gasteiger charge is 2.30. The van der Waals surface area contributed by atoms with Gasteiger partial charge in [-0.1, -0.05) is 27.2 Å². The van der Waals surface area contributed by atoms with Gasteiger partial charge in [-0.15, -0.1) is 0 Å². The minimum Gasteiger partial charge on any atom is -0.375 e. The molecule has 1 aliphatic carbocycles. The standard InChI is InChI=1S/C25H48N4O.C3H8/c1-3-27-14-4-5-23(19-27)20-29-16-15-28(17-21(29)2)18-22-6-8-24(9-7-22)30-25-10-12-26-13-11-25;1-3-2/h21-26H,3-20H2,1-2H3;3H2,1-2H3. The summed E-state index contributed by atoms with van der Waals surface area (Å²) in [5.41, 5.74) is 0. The molecule has 0 bridgehead atoms. The number of hydrogen-bond acceptors (Lipinski definition) is 5. The predicted octanol–water partition coefficient (Wildman–Crippen LogP) is 4.47. The summed E-state index contributed by atoms with van der Waals surface area (Å²) in [5.74, 6) is 1.79. The molecule has 3 aliphatic heterocycles. The highest BCUT2D eigenvalue weighted by Crippen LogP contribution is 2.29. The first-order chi connectivity index (χ1) is 16.1. The highest BCUT2D eigenvalue weighted by molar-refractivity contribution is 4.85. The van der Waals surface area contributed by atoms with E-state index in [2.05, 4.69) is 47.7 Å². The van der Waals surface area contributed by atoms with Crippen LogP contribution in [0, 0.1) is 11.8 Å². The maximum absolute atomic E-state index is 6.43. The van der Waals surface area contributed by atoms with E-state index < -0.39 is 0 Å². The Bertz CT molecular complexity index is 504. The van der Waals surface area contributed by atoms with E-state index in [9.17, 15) is 0 Å². The zero-order chi connectivity index (χ0) is 23.5. The average Bonchev–Trinajstić information content (AvgIpc) is 2.83. The fourth-order valence-corrected chi connectivity index (χ4v) is 6.45. The van der Waals surface area contributed by atoms with Gasteiger partial charge in [0, 0.05) is 45.3 Å². The van der Waals surface area contributed by atoms with Crippen LogP contribution in [0.5, 0.6) is 0 Å². The monoisotopic (exact) mass is 464 g/mol. The molecule has 0 radical (unpaired) electrons. The Morgan fingerprint density at radius 3 is 2.09 bits per heavy atom. The third-order valence-corrected chi connectivity index (χ3v) is 8.37. The Morgan fingerprint density at radius 2 is 1.42 bits per heavy atom. The van der Waals surface area contributed by atoms with Gasteiger partial charge in [-0.3, -0.25) is 4.90 Å². The van der Waals surface area contributed by atoms with E-state index in [4.69, 9.17) is 4.74 Å². The highest BCUT2D eigenvalue weighted by atomic mass is 16.5. The molecule has 2 unspecified atom stereocenters. The van der Waals surface area contributed by atoms with Gasteiger partial charge < -0.3 is 19.9 Å². The molecule has 0 aromatic rings. The molecule has 4 aliphatic rings. The van der Waals surface area contributed by atoms with E-state index >= 15 is 0 Å². The van der Waals surface area contributed by atoms with Crippen LogP contribution in [0.4, 0.5) is 0 Å². The van der Waals surface area contributed by atoms with Crippen LogP contribution in [0.25, 0.3) is 0 Å². The molecule has 194 valence electrons. The average molecular weight is 465 g/mol. The number of piperidine rings is 2. The second kappa shape index (κ2) is 15.0. The predicted molar refractivity (Wildman–Crippen MR) is 141 cm³/mol. The first kappa shape index (κ1) is 27.4. The van der Waals surface area contributed by atoms with E-state index in [1.54, 1.807) is 0 Å². The molecule has 1 N–H and O–H groups in total. The molecule has 1 saturated carbocycles. The van der Waals surface area contributed by atoms with Crippen LogP contribution < -0.4 is 5.32 Å². The zero-order valence-electron chi connectivity index (χ0n) is 22.6. The Hall–Kier alpha value is -0.200. The van der Waals surface area contributed by atoms with Gasteiger partial charge in [-0.2, -0.15) is 0 Å². The molecule has 4 rings (SSSR count). The Labute approximate surface area is 206 Å². The van der Waals surface area contributed by atoms with E-state index in [0.29, 0.717) is 12.2 Å². The van der Waals surface area contributed by atoms with Crippen molar-refractivity contribution in [1.82, 2.24) is 20.0 Å². The molecule has 0 spiro atoms. The number of hydrogen-bond donors (Lipinski definition) is 1. The Balaban J connectivity index is 0.000000968. The first-order valence-corrected chi connectivity index (χ1v) is 14.7. The lowest BCUT2D eigenvalue weighted by Crippen LogP contribution is -2.55. The van der Waals surface area contributed by atoms with Crippen LogP contribution in [0.2, 0.25) is 0 Å². The van der Waals surface area contributed by atoms with Crippen molar-refractivity contribution in [3.05, 3.63) is 0 Å². The number of piperazine rings is 1. The van der Waals surface area contributed by atoms with Gasteiger partial charge in [0.05, 0.1) is 12.2 Å². The summed E-state index contributed by atoms with van der Waals surface area (Å²) in [4.78, 5) is 8.23. The molecule has 0 aromatic heterocycles. The molecule has 0 amide bonds. The summed E-state index contributed by atoms with van der Waals surface area (Å²) in [6.45, 7) is 21.7. The van der Waals surface area contributed by atoms with Crippen molar-refractivity contribution >= 4 is 0 Å². The molecular formula is C28H56N4O. The van der Waals surface area contributed by atoms with Gasteiger partial charge in [0.15, 0.2) is 0 Å². The third kappa shape index (κ3) is 9.40. The minimum absolute atomic E-state index is 0.523. The summed E-state index contributed by atoms with van der Waals surface area (Å²) in [6, 6.07) is 0.718. The summed E-state index contributed by atoms with van der Waals surface area (Å²) >= 11 is 0. The topological polar surface area (TPSA) is 31.0 Å². The van der Waals surface area contributed by atoms with Crippen molar-refractivity contribution < 1.29 is 4.74 Å². The summed E-state index contributed by atoms with van der Waals surface area (Å²) < 4.78 is 6.43. The van der Waals surface area contributed by atoms with Gasteiger partial charge in [-0.25, -0.2) is 0 Å². The van der Waals surface area contributed by atoms with Crippen LogP contribution in [0.15, 0.2) is 0 Å². The number of rotatable bonds is 7. The van der Waals surface area contributed by atoms with Crippen molar-refractivity contribution in [1.29, 1.82) is 0 Å². The van der Waals surface area contributed by atoms with Crippen molar-refractivity contribution in [2.75, 3.05) is 65.4 Å². The van der Waals surface area contributed by atoms with E-state index in [1.165, 1.54) is 110 Å². The van der Waals surface area contributed by atoms with Crippen molar-refractivity contribution in [3.8, 4) is 0 Å². The van der Waals surface area contributed by atoms with Crippen LogP contribution in [0.1, 0.15) is 85.5 Å². The zero-order valence-corrected chi connectivity index (χ0v) is 22.6. The maximum atomic E-state index is 6.43. The summed E-state index contributed by atoms with van der Waals surface area (Å²) in [6.07, 6.45) is 12.9. The van der Waals surface area contributed by atoms with Gasteiger partial charge >= 0.3 is 0 Å². The number of ether oxygens (including phenoxy) is 1. The molecule has 0 aromatic carbocycles. The number of likely N-dealkylation sites (tertiary alicyclic amines) is 1. The van der Waals surface area contributed by atoms with Gasteiger partial charge in [0.25, 0.3) is 0 Å². The summed E-state index contributed by atoms with van der Waals surface area (Å²) in [5, 5.41) is 3.45. The molecule has 4 fully saturated rings. The molecule has 5 heteroatoms. The Kier molecular flexibility index (Phi) is 12.5. The molecule has 3 heterocycles. The minimum atomic E-state index is 0.523. The van der Waals surface area contributed by atoms with E-state index in [1.807, 2.05) is 0 Å². The van der Waals surface area contributed by atoms with Crippen LogP contribution in [-0.4, -0.2) is 98.4 Å². The smallest absolute Gasteiger partial charge is 0.0603 e. The fraction of sp³-hybridized carbons (Fsp3) is 1.00. The normalized spacial score (nSPS) is 33.5. The number of nitrogens with zero attached hydrogens (tertiary/aromatic N) is 3. The van der Waals surface area contributed by atoms with Crippen LogP contribution in [-0.2, 0) is 4.74 Å². The van der Waals surface area contributed by atoms with Gasteiger partial charge in [-0.05, 0) is 96.3 Å². The molecule has 5 nitrogen and oxygen atoms in total. The van der Waals surface area contributed by atoms with Crippen LogP contribution in [0.3, 0.4) is 0 Å². The lowest BCUT2D eigenvalue weighted by atomic mass is 9.86. The Morgan fingerprint density at radius 1 is 0.727 bits per heavy atom. The van der Waals surface area contributed by atoms with E-state index in [-0.39, 0.29) is 0 Å². The van der Waals surface area contributed by atoms with E-state index in [0.717, 1.165) is 31.0 Å². The van der Waals surface area contributed by atoms with Crippen LogP contribution >= 0.6 is 0 Å².